The van der Waals surface area contributed by atoms with Crippen LogP contribution in [0.5, 0.6) is 0 Å². The van der Waals surface area contributed by atoms with Gasteiger partial charge in [-0.05, 0) is 30.7 Å². The van der Waals surface area contributed by atoms with E-state index in [-0.39, 0.29) is 6.10 Å². The molecule has 0 heterocycles. The lowest BCUT2D eigenvalue weighted by atomic mass is 10.1. The SMILES string of the molecule is CC(C)CCOCCCC(O)c1ccccc1. The number of hydrogen-bond acceptors (Lipinski definition) is 2. The first kappa shape index (κ1) is 14.2. The molecule has 0 aromatic heterocycles. The molecule has 1 N–H and O–H groups in total. The Morgan fingerprint density at radius 2 is 1.76 bits per heavy atom. The molecule has 2 heteroatoms. The monoisotopic (exact) mass is 236 g/mol. The molecule has 1 atom stereocenters. The molecule has 1 unspecified atom stereocenters. The van der Waals surface area contributed by atoms with Gasteiger partial charge in [0.05, 0.1) is 6.10 Å². The molecular formula is C15H24O2. The number of ether oxygens (including phenoxy) is 1. The van der Waals surface area contributed by atoms with Crippen molar-refractivity contribution < 1.29 is 9.84 Å². The third kappa shape index (κ3) is 6.44. The second kappa shape index (κ2) is 8.26. The fraction of sp³-hybridized carbons (Fsp3) is 0.600. The van der Waals surface area contributed by atoms with Crippen molar-refractivity contribution in [1.82, 2.24) is 0 Å². The van der Waals surface area contributed by atoms with Gasteiger partial charge in [-0.3, -0.25) is 0 Å². The summed E-state index contributed by atoms with van der Waals surface area (Å²) in [5.74, 6) is 0.699. The Morgan fingerprint density at radius 3 is 2.41 bits per heavy atom. The summed E-state index contributed by atoms with van der Waals surface area (Å²) in [5, 5.41) is 9.91. The summed E-state index contributed by atoms with van der Waals surface area (Å²) < 4.78 is 5.52. The summed E-state index contributed by atoms with van der Waals surface area (Å²) in [6, 6.07) is 9.80. The summed E-state index contributed by atoms with van der Waals surface area (Å²) in [6.45, 7) is 5.97. The van der Waals surface area contributed by atoms with Crippen LogP contribution in [0.3, 0.4) is 0 Å². The van der Waals surface area contributed by atoms with Crippen LogP contribution in [0, 0.1) is 5.92 Å². The zero-order valence-corrected chi connectivity index (χ0v) is 10.9. The highest BCUT2D eigenvalue weighted by atomic mass is 16.5. The van der Waals surface area contributed by atoms with Crippen LogP contribution in [0.2, 0.25) is 0 Å². The van der Waals surface area contributed by atoms with Gasteiger partial charge >= 0.3 is 0 Å². The highest BCUT2D eigenvalue weighted by molar-refractivity contribution is 5.16. The van der Waals surface area contributed by atoms with E-state index >= 15 is 0 Å². The minimum Gasteiger partial charge on any atom is -0.388 e. The average molecular weight is 236 g/mol. The minimum absolute atomic E-state index is 0.357. The third-order valence-electron chi connectivity index (χ3n) is 2.79. The topological polar surface area (TPSA) is 29.5 Å². The van der Waals surface area contributed by atoms with Crippen molar-refractivity contribution in [3.63, 3.8) is 0 Å². The van der Waals surface area contributed by atoms with Crippen molar-refractivity contribution >= 4 is 0 Å². The maximum atomic E-state index is 9.91. The summed E-state index contributed by atoms with van der Waals surface area (Å²) >= 11 is 0. The van der Waals surface area contributed by atoms with E-state index in [1.807, 2.05) is 30.3 Å². The van der Waals surface area contributed by atoms with Gasteiger partial charge in [-0.15, -0.1) is 0 Å². The van der Waals surface area contributed by atoms with Gasteiger partial charge in [-0.1, -0.05) is 44.2 Å². The Balaban J connectivity index is 2.07. The van der Waals surface area contributed by atoms with Gasteiger partial charge in [-0.25, -0.2) is 0 Å². The van der Waals surface area contributed by atoms with Crippen molar-refractivity contribution in [3.05, 3.63) is 35.9 Å². The van der Waals surface area contributed by atoms with E-state index in [9.17, 15) is 5.11 Å². The van der Waals surface area contributed by atoms with Crippen LogP contribution in [0.4, 0.5) is 0 Å². The summed E-state index contributed by atoms with van der Waals surface area (Å²) in [6.07, 6.45) is 2.44. The lowest BCUT2D eigenvalue weighted by Crippen LogP contribution is -2.03. The molecule has 96 valence electrons. The fourth-order valence-electron chi connectivity index (χ4n) is 1.64. The van der Waals surface area contributed by atoms with E-state index in [1.54, 1.807) is 0 Å². The molecule has 0 aliphatic heterocycles. The molecule has 17 heavy (non-hydrogen) atoms. The van der Waals surface area contributed by atoms with Crippen LogP contribution in [0.25, 0.3) is 0 Å². The third-order valence-corrected chi connectivity index (χ3v) is 2.79. The molecule has 0 saturated carbocycles. The standard InChI is InChI=1S/C15H24O2/c1-13(2)10-12-17-11-6-9-15(16)14-7-4-3-5-8-14/h3-5,7-8,13,15-16H,6,9-12H2,1-2H3. The van der Waals surface area contributed by atoms with Gasteiger partial charge in [-0.2, -0.15) is 0 Å². The zero-order valence-electron chi connectivity index (χ0n) is 10.9. The normalized spacial score (nSPS) is 12.9. The van der Waals surface area contributed by atoms with Crippen LogP contribution in [0.1, 0.15) is 44.8 Å². The average Bonchev–Trinajstić information content (AvgIpc) is 2.34. The molecule has 2 nitrogen and oxygen atoms in total. The largest absolute Gasteiger partial charge is 0.388 e. The van der Waals surface area contributed by atoms with E-state index in [0.29, 0.717) is 5.92 Å². The molecule has 0 aliphatic carbocycles. The van der Waals surface area contributed by atoms with Gasteiger partial charge in [0.2, 0.25) is 0 Å². The Kier molecular flexibility index (Phi) is 6.90. The molecule has 1 aromatic carbocycles. The van der Waals surface area contributed by atoms with E-state index in [1.165, 1.54) is 0 Å². The lowest BCUT2D eigenvalue weighted by molar-refractivity contribution is 0.100. The molecule has 0 spiro atoms. The van der Waals surface area contributed by atoms with E-state index in [2.05, 4.69) is 13.8 Å². The molecule has 1 aromatic rings. The van der Waals surface area contributed by atoms with Gasteiger partial charge in [0.1, 0.15) is 0 Å². The van der Waals surface area contributed by atoms with Gasteiger partial charge in [0.25, 0.3) is 0 Å². The van der Waals surface area contributed by atoms with Crippen molar-refractivity contribution in [2.75, 3.05) is 13.2 Å². The van der Waals surface area contributed by atoms with Crippen molar-refractivity contribution in [2.24, 2.45) is 5.92 Å². The number of hydrogen-bond donors (Lipinski definition) is 1. The lowest BCUT2D eigenvalue weighted by Gasteiger charge is -2.11. The van der Waals surface area contributed by atoms with Crippen molar-refractivity contribution in [2.45, 2.75) is 39.2 Å². The van der Waals surface area contributed by atoms with Crippen molar-refractivity contribution in [3.8, 4) is 0 Å². The highest BCUT2D eigenvalue weighted by Crippen LogP contribution is 2.17. The second-order valence-electron chi connectivity index (χ2n) is 4.86. The highest BCUT2D eigenvalue weighted by Gasteiger charge is 2.05. The Labute approximate surface area is 105 Å². The molecule has 1 rings (SSSR count). The van der Waals surface area contributed by atoms with Crippen LogP contribution in [-0.2, 0) is 4.74 Å². The van der Waals surface area contributed by atoms with Crippen LogP contribution in [0.15, 0.2) is 30.3 Å². The fourth-order valence-corrected chi connectivity index (χ4v) is 1.64. The summed E-state index contributed by atoms with van der Waals surface area (Å²) in [4.78, 5) is 0. The Hall–Kier alpha value is -0.860. The molecule has 0 radical (unpaired) electrons. The minimum atomic E-state index is -0.357. The van der Waals surface area contributed by atoms with Gasteiger partial charge < -0.3 is 9.84 Å². The quantitative estimate of drug-likeness (QED) is 0.699. The number of aliphatic hydroxyl groups excluding tert-OH is 1. The molecular weight excluding hydrogens is 212 g/mol. The van der Waals surface area contributed by atoms with Crippen LogP contribution in [-0.4, -0.2) is 18.3 Å². The predicted molar refractivity (Wildman–Crippen MR) is 70.9 cm³/mol. The van der Waals surface area contributed by atoms with E-state index < -0.39 is 0 Å². The second-order valence-corrected chi connectivity index (χ2v) is 4.86. The molecule has 0 amide bonds. The molecule has 0 saturated heterocycles. The number of rotatable bonds is 8. The predicted octanol–water partition coefficient (Wildman–Crippen LogP) is 3.56. The smallest absolute Gasteiger partial charge is 0.0790 e. The Bertz CT molecular complexity index is 282. The van der Waals surface area contributed by atoms with Crippen LogP contribution < -0.4 is 0 Å². The van der Waals surface area contributed by atoms with Gasteiger partial charge in [0, 0.05) is 13.2 Å². The van der Waals surface area contributed by atoms with Crippen LogP contribution >= 0.6 is 0 Å². The maximum absolute atomic E-state index is 9.91. The first-order valence-corrected chi connectivity index (χ1v) is 6.51. The molecule has 0 fully saturated rings. The summed E-state index contributed by atoms with van der Waals surface area (Å²) in [5.41, 5.74) is 0.995. The zero-order chi connectivity index (χ0) is 12.5. The molecule has 0 aliphatic rings. The first-order chi connectivity index (χ1) is 8.20. The van der Waals surface area contributed by atoms with Crippen molar-refractivity contribution in [1.29, 1.82) is 0 Å². The van der Waals surface area contributed by atoms with E-state index in [0.717, 1.165) is 38.0 Å². The summed E-state index contributed by atoms with van der Waals surface area (Å²) in [7, 11) is 0. The Morgan fingerprint density at radius 1 is 1.06 bits per heavy atom. The van der Waals surface area contributed by atoms with E-state index in [4.69, 9.17) is 4.74 Å². The maximum Gasteiger partial charge on any atom is 0.0790 e. The number of benzene rings is 1. The molecule has 0 bridgehead atoms. The van der Waals surface area contributed by atoms with Gasteiger partial charge in [0.15, 0.2) is 0 Å². The number of aliphatic hydroxyl groups is 1. The first-order valence-electron chi connectivity index (χ1n) is 6.51.